The molecule has 5 nitrogen and oxygen atoms in total. The summed E-state index contributed by atoms with van der Waals surface area (Å²) in [6.07, 6.45) is 1.32. The van der Waals surface area contributed by atoms with Gasteiger partial charge >= 0.3 is 5.97 Å². The van der Waals surface area contributed by atoms with E-state index in [4.69, 9.17) is 5.11 Å². The molecule has 2 N–H and O–H groups in total. The minimum Gasteiger partial charge on any atom is -0.478 e. The summed E-state index contributed by atoms with van der Waals surface area (Å²) in [5.74, 6) is -4.67. The molecule has 1 aliphatic rings. The maximum Gasteiger partial charge on any atom is 0.338 e. The zero-order chi connectivity index (χ0) is 14.2. The number of aromatic carboxylic acids is 1. The molecule has 0 spiro atoms. The van der Waals surface area contributed by atoms with Crippen LogP contribution in [0, 0.1) is 11.6 Å². The van der Waals surface area contributed by atoms with Gasteiger partial charge in [-0.2, -0.15) is 0 Å². The zero-order valence-electron chi connectivity index (χ0n) is 9.43. The Balaban J connectivity index is 2.26. The number of sulfone groups is 1. The molecule has 0 fully saturated rings. The highest BCUT2D eigenvalue weighted by molar-refractivity contribution is 7.94. The SMILES string of the molecule is O=C(O)c1ccc(NC2C=CS(=O)(=O)C2)c(F)c1F. The number of halogens is 2. The maximum absolute atomic E-state index is 13.6. The van der Waals surface area contributed by atoms with Gasteiger partial charge in [-0.05, 0) is 12.1 Å². The normalized spacial score (nSPS) is 20.4. The predicted molar refractivity (Wildman–Crippen MR) is 63.7 cm³/mol. The van der Waals surface area contributed by atoms with E-state index in [-0.39, 0.29) is 11.4 Å². The number of anilines is 1. The average molecular weight is 289 g/mol. The van der Waals surface area contributed by atoms with Crippen LogP contribution < -0.4 is 5.32 Å². The molecule has 0 saturated heterocycles. The van der Waals surface area contributed by atoms with E-state index in [1.165, 1.54) is 6.08 Å². The number of carbonyl (C=O) groups is 1. The molecule has 0 radical (unpaired) electrons. The number of carboxylic acid groups (broad SMARTS) is 1. The van der Waals surface area contributed by atoms with Crippen molar-refractivity contribution in [2.45, 2.75) is 6.04 Å². The van der Waals surface area contributed by atoms with E-state index in [1.54, 1.807) is 0 Å². The molecule has 8 heteroatoms. The Morgan fingerprint density at radius 1 is 1.32 bits per heavy atom. The smallest absolute Gasteiger partial charge is 0.338 e. The van der Waals surface area contributed by atoms with Crippen LogP contribution in [0.4, 0.5) is 14.5 Å². The summed E-state index contributed by atoms with van der Waals surface area (Å²) in [5, 5.41) is 12.1. The lowest BCUT2D eigenvalue weighted by Crippen LogP contribution is -2.22. The molecule has 0 aromatic heterocycles. The Bertz CT molecular complexity index is 670. The molecule has 102 valence electrons. The van der Waals surface area contributed by atoms with Crippen LogP contribution in [0.25, 0.3) is 0 Å². The predicted octanol–water partition coefficient (Wildman–Crippen LogP) is 1.39. The van der Waals surface area contributed by atoms with Gasteiger partial charge in [-0.15, -0.1) is 0 Å². The van der Waals surface area contributed by atoms with Gasteiger partial charge in [0.15, 0.2) is 21.5 Å². The van der Waals surface area contributed by atoms with Crippen molar-refractivity contribution in [2.75, 3.05) is 11.1 Å². The van der Waals surface area contributed by atoms with E-state index in [9.17, 15) is 22.0 Å². The Labute approximate surface area is 107 Å². The van der Waals surface area contributed by atoms with Crippen LogP contribution in [0.15, 0.2) is 23.6 Å². The van der Waals surface area contributed by atoms with Gasteiger partial charge in [0.1, 0.15) is 0 Å². The van der Waals surface area contributed by atoms with Crippen LogP contribution in [0.3, 0.4) is 0 Å². The molecule has 1 atom stereocenters. The first-order valence-electron chi connectivity index (χ1n) is 5.19. The van der Waals surface area contributed by atoms with Crippen molar-refractivity contribution in [2.24, 2.45) is 0 Å². The van der Waals surface area contributed by atoms with Crippen molar-refractivity contribution < 1.29 is 27.1 Å². The minimum atomic E-state index is -3.31. The van der Waals surface area contributed by atoms with Crippen LogP contribution in [-0.2, 0) is 9.84 Å². The van der Waals surface area contributed by atoms with Crippen molar-refractivity contribution in [1.29, 1.82) is 0 Å². The number of nitrogens with one attached hydrogen (secondary N) is 1. The zero-order valence-corrected chi connectivity index (χ0v) is 10.2. The lowest BCUT2D eigenvalue weighted by atomic mass is 10.1. The third-order valence-corrected chi connectivity index (χ3v) is 3.98. The van der Waals surface area contributed by atoms with Crippen molar-refractivity contribution in [1.82, 2.24) is 0 Å². The van der Waals surface area contributed by atoms with Gasteiger partial charge in [0, 0.05) is 5.41 Å². The second-order valence-corrected chi connectivity index (χ2v) is 5.93. The Kier molecular flexibility index (Phi) is 3.27. The Morgan fingerprint density at radius 2 is 2.00 bits per heavy atom. The molecular weight excluding hydrogens is 280 g/mol. The van der Waals surface area contributed by atoms with E-state index < -0.39 is 39.0 Å². The molecule has 19 heavy (non-hydrogen) atoms. The molecular formula is C11H9F2NO4S. The third kappa shape index (κ3) is 2.73. The Morgan fingerprint density at radius 3 is 2.53 bits per heavy atom. The molecule has 0 saturated carbocycles. The summed E-state index contributed by atoms with van der Waals surface area (Å²) >= 11 is 0. The standard InChI is InChI=1S/C11H9F2NO4S/c12-9-7(11(15)16)1-2-8(10(9)13)14-6-3-4-19(17,18)5-6/h1-4,6,14H,5H2,(H,15,16). The monoisotopic (exact) mass is 289 g/mol. The van der Waals surface area contributed by atoms with Crippen molar-refractivity contribution >= 4 is 21.5 Å². The van der Waals surface area contributed by atoms with Gasteiger partial charge < -0.3 is 10.4 Å². The average Bonchev–Trinajstić information content (AvgIpc) is 2.64. The van der Waals surface area contributed by atoms with Crippen LogP contribution >= 0.6 is 0 Å². The summed E-state index contributed by atoms with van der Waals surface area (Å²) in [7, 11) is -3.31. The van der Waals surface area contributed by atoms with E-state index in [1.807, 2.05) is 0 Å². The fraction of sp³-hybridized carbons (Fsp3) is 0.182. The number of benzene rings is 1. The van der Waals surface area contributed by atoms with E-state index >= 15 is 0 Å². The molecule has 0 amide bonds. The molecule has 1 aromatic carbocycles. The number of hydrogen-bond acceptors (Lipinski definition) is 4. The molecule has 1 heterocycles. The molecule has 1 aromatic rings. The fourth-order valence-corrected chi connectivity index (χ4v) is 2.93. The van der Waals surface area contributed by atoms with Crippen molar-refractivity contribution in [3.8, 4) is 0 Å². The minimum absolute atomic E-state index is 0.255. The largest absolute Gasteiger partial charge is 0.478 e. The van der Waals surface area contributed by atoms with E-state index in [0.717, 1.165) is 17.5 Å². The summed E-state index contributed by atoms with van der Waals surface area (Å²) in [6, 6.07) is 1.30. The second kappa shape index (κ2) is 4.61. The first-order chi connectivity index (χ1) is 8.80. The van der Waals surface area contributed by atoms with Gasteiger partial charge in [0.2, 0.25) is 0 Å². The quantitative estimate of drug-likeness (QED) is 0.878. The summed E-state index contributed by atoms with van der Waals surface area (Å²) in [6.45, 7) is 0. The topological polar surface area (TPSA) is 83.5 Å². The lowest BCUT2D eigenvalue weighted by Gasteiger charge is -2.13. The van der Waals surface area contributed by atoms with Crippen LogP contribution in [0.5, 0.6) is 0 Å². The van der Waals surface area contributed by atoms with Gasteiger partial charge in [-0.25, -0.2) is 22.0 Å². The molecule has 1 aliphatic heterocycles. The first-order valence-corrected chi connectivity index (χ1v) is 6.90. The van der Waals surface area contributed by atoms with Crippen molar-refractivity contribution in [3.05, 3.63) is 40.8 Å². The summed E-state index contributed by atoms with van der Waals surface area (Å²) in [4.78, 5) is 10.6. The van der Waals surface area contributed by atoms with E-state index in [0.29, 0.717) is 0 Å². The fourth-order valence-electron chi connectivity index (χ4n) is 1.69. The van der Waals surface area contributed by atoms with Gasteiger partial charge in [0.05, 0.1) is 23.0 Å². The third-order valence-electron chi connectivity index (χ3n) is 2.58. The molecule has 1 unspecified atom stereocenters. The molecule has 0 bridgehead atoms. The highest BCUT2D eigenvalue weighted by Crippen LogP contribution is 2.23. The van der Waals surface area contributed by atoms with E-state index in [2.05, 4.69) is 5.32 Å². The molecule has 2 rings (SSSR count). The van der Waals surface area contributed by atoms with Gasteiger partial charge in [-0.3, -0.25) is 0 Å². The Hall–Kier alpha value is -1.96. The van der Waals surface area contributed by atoms with Crippen LogP contribution in [0.2, 0.25) is 0 Å². The van der Waals surface area contributed by atoms with Crippen LogP contribution in [0.1, 0.15) is 10.4 Å². The highest BCUT2D eigenvalue weighted by atomic mass is 32.2. The lowest BCUT2D eigenvalue weighted by molar-refractivity contribution is 0.0690. The summed E-state index contributed by atoms with van der Waals surface area (Å²) < 4.78 is 49.3. The molecule has 0 aliphatic carbocycles. The van der Waals surface area contributed by atoms with Gasteiger partial charge in [0.25, 0.3) is 0 Å². The second-order valence-electron chi connectivity index (χ2n) is 4.00. The van der Waals surface area contributed by atoms with Crippen molar-refractivity contribution in [3.63, 3.8) is 0 Å². The highest BCUT2D eigenvalue weighted by Gasteiger charge is 2.24. The first kappa shape index (κ1) is 13.5. The number of rotatable bonds is 3. The van der Waals surface area contributed by atoms with Gasteiger partial charge in [-0.1, -0.05) is 6.08 Å². The van der Waals surface area contributed by atoms with Crippen LogP contribution in [-0.4, -0.2) is 31.3 Å². The number of carboxylic acids is 1. The number of hydrogen-bond donors (Lipinski definition) is 2. The summed E-state index contributed by atoms with van der Waals surface area (Å²) in [5.41, 5.74) is -1.06. The maximum atomic E-state index is 13.6.